The Morgan fingerprint density at radius 1 is 1.58 bits per heavy atom. The summed E-state index contributed by atoms with van der Waals surface area (Å²) in [6.45, 7) is 3.97. The predicted octanol–water partition coefficient (Wildman–Crippen LogP) is 0.671. The third kappa shape index (κ3) is 3.10. The number of carbonyl (C=O) groups is 2. The molecule has 1 aromatic rings. The molecule has 1 amide bonds. The van der Waals surface area contributed by atoms with Gasteiger partial charge in [0.05, 0.1) is 6.20 Å². The normalized spacial score (nSPS) is 21.3. The first-order chi connectivity index (χ1) is 8.88. The van der Waals surface area contributed by atoms with Crippen LogP contribution in [-0.2, 0) is 11.3 Å². The fraction of sp³-hybridized carbons (Fsp3) is 0.667. The van der Waals surface area contributed by atoms with E-state index < -0.39 is 5.97 Å². The molecule has 1 aliphatic carbocycles. The second-order valence-electron chi connectivity index (χ2n) is 5.60. The fourth-order valence-corrected chi connectivity index (χ4v) is 2.44. The summed E-state index contributed by atoms with van der Waals surface area (Å²) < 4.78 is 1.14. The molecule has 104 valence electrons. The van der Waals surface area contributed by atoms with E-state index >= 15 is 0 Å². The molecule has 2 rings (SSSR count). The van der Waals surface area contributed by atoms with Crippen LogP contribution in [0.5, 0.6) is 0 Å². The molecular weight excluding hydrogens is 248 g/mol. The molecule has 0 aromatic carbocycles. The van der Waals surface area contributed by atoms with Gasteiger partial charge < -0.3 is 10.4 Å². The van der Waals surface area contributed by atoms with Crippen molar-refractivity contribution in [3.8, 4) is 0 Å². The van der Waals surface area contributed by atoms with Crippen LogP contribution in [0, 0.1) is 5.41 Å². The first kappa shape index (κ1) is 13.5. The van der Waals surface area contributed by atoms with E-state index in [1.165, 1.54) is 6.20 Å². The molecule has 1 atom stereocenters. The minimum absolute atomic E-state index is 0.0900. The highest BCUT2D eigenvalue weighted by atomic mass is 16.4. The average molecular weight is 266 g/mol. The molecule has 19 heavy (non-hydrogen) atoms. The zero-order chi connectivity index (χ0) is 14.0. The van der Waals surface area contributed by atoms with Gasteiger partial charge in [0.25, 0.3) is 5.91 Å². The number of nitrogens with one attached hydrogen (secondary N) is 1. The quantitative estimate of drug-likeness (QED) is 0.834. The third-order valence-electron chi connectivity index (χ3n) is 3.63. The summed E-state index contributed by atoms with van der Waals surface area (Å²) >= 11 is 0. The Morgan fingerprint density at radius 2 is 2.32 bits per heavy atom. The average Bonchev–Trinajstić information content (AvgIpc) is 2.86. The van der Waals surface area contributed by atoms with Gasteiger partial charge in [-0.3, -0.25) is 9.59 Å². The van der Waals surface area contributed by atoms with Gasteiger partial charge in [-0.1, -0.05) is 25.5 Å². The number of carbonyl (C=O) groups excluding carboxylic acids is 1. The molecule has 1 heterocycles. The fourth-order valence-electron chi connectivity index (χ4n) is 2.44. The Balaban J connectivity index is 2.00. The molecule has 1 aromatic heterocycles. The summed E-state index contributed by atoms with van der Waals surface area (Å²) in [6, 6.07) is 0.129. The van der Waals surface area contributed by atoms with Crippen LogP contribution < -0.4 is 5.32 Å². The van der Waals surface area contributed by atoms with Gasteiger partial charge in [-0.05, 0) is 18.3 Å². The number of amides is 1. The van der Waals surface area contributed by atoms with Crippen molar-refractivity contribution in [3.63, 3.8) is 0 Å². The number of hydrogen-bond donors (Lipinski definition) is 2. The van der Waals surface area contributed by atoms with Gasteiger partial charge >= 0.3 is 5.97 Å². The van der Waals surface area contributed by atoms with E-state index in [1.807, 2.05) is 0 Å². The summed E-state index contributed by atoms with van der Waals surface area (Å²) in [5, 5.41) is 18.9. The maximum absolute atomic E-state index is 12.0. The second kappa shape index (κ2) is 4.99. The van der Waals surface area contributed by atoms with Crippen molar-refractivity contribution in [2.45, 2.75) is 45.7 Å². The minimum Gasteiger partial charge on any atom is -0.480 e. The van der Waals surface area contributed by atoms with E-state index in [9.17, 15) is 9.59 Å². The van der Waals surface area contributed by atoms with Gasteiger partial charge in [-0.2, -0.15) is 0 Å². The number of hydrogen-bond acceptors (Lipinski definition) is 4. The molecule has 0 radical (unpaired) electrons. The Kier molecular flexibility index (Phi) is 3.55. The van der Waals surface area contributed by atoms with Gasteiger partial charge in [0.2, 0.25) is 0 Å². The van der Waals surface area contributed by atoms with Crippen molar-refractivity contribution in [1.29, 1.82) is 0 Å². The Morgan fingerprint density at radius 3 is 2.89 bits per heavy atom. The predicted molar refractivity (Wildman–Crippen MR) is 66.5 cm³/mol. The number of carboxylic acids is 1. The second-order valence-corrected chi connectivity index (χ2v) is 5.60. The van der Waals surface area contributed by atoms with Gasteiger partial charge in [0.1, 0.15) is 6.54 Å². The molecule has 0 bridgehead atoms. The lowest BCUT2D eigenvalue weighted by atomic mass is 9.87. The molecule has 7 nitrogen and oxygen atoms in total. The van der Waals surface area contributed by atoms with Crippen LogP contribution in [0.4, 0.5) is 0 Å². The molecule has 0 aliphatic heterocycles. The molecule has 1 unspecified atom stereocenters. The lowest BCUT2D eigenvalue weighted by Crippen LogP contribution is -2.41. The Hall–Kier alpha value is -1.92. The Labute approximate surface area is 111 Å². The van der Waals surface area contributed by atoms with Crippen molar-refractivity contribution < 1.29 is 14.7 Å². The van der Waals surface area contributed by atoms with Crippen molar-refractivity contribution >= 4 is 11.9 Å². The van der Waals surface area contributed by atoms with Crippen molar-refractivity contribution in [2.75, 3.05) is 0 Å². The van der Waals surface area contributed by atoms with E-state index in [4.69, 9.17) is 5.11 Å². The number of aromatic nitrogens is 3. The van der Waals surface area contributed by atoms with E-state index in [1.54, 1.807) is 0 Å². The molecule has 7 heteroatoms. The zero-order valence-corrected chi connectivity index (χ0v) is 11.1. The third-order valence-corrected chi connectivity index (χ3v) is 3.63. The highest BCUT2D eigenvalue weighted by Crippen LogP contribution is 2.37. The van der Waals surface area contributed by atoms with Gasteiger partial charge in [0.15, 0.2) is 5.69 Å². The molecule has 0 saturated heterocycles. The van der Waals surface area contributed by atoms with Crippen molar-refractivity contribution in [1.82, 2.24) is 20.3 Å². The van der Waals surface area contributed by atoms with Crippen molar-refractivity contribution in [3.05, 3.63) is 11.9 Å². The monoisotopic (exact) mass is 266 g/mol. The van der Waals surface area contributed by atoms with Crippen LogP contribution >= 0.6 is 0 Å². The maximum atomic E-state index is 12.0. The van der Waals surface area contributed by atoms with Gasteiger partial charge in [-0.15, -0.1) is 5.10 Å². The van der Waals surface area contributed by atoms with Gasteiger partial charge in [0, 0.05) is 6.04 Å². The van der Waals surface area contributed by atoms with E-state index in [0.717, 1.165) is 23.9 Å². The largest absolute Gasteiger partial charge is 0.480 e. The zero-order valence-electron chi connectivity index (χ0n) is 11.1. The summed E-state index contributed by atoms with van der Waals surface area (Å²) in [5.74, 6) is -1.31. The molecule has 1 aliphatic rings. The highest BCUT2D eigenvalue weighted by Gasteiger charge is 2.35. The number of aliphatic carboxylic acids is 1. The lowest BCUT2D eigenvalue weighted by molar-refractivity contribution is -0.137. The van der Waals surface area contributed by atoms with E-state index in [2.05, 4.69) is 29.5 Å². The summed E-state index contributed by atoms with van der Waals surface area (Å²) in [6.07, 6.45) is 4.50. The minimum atomic E-state index is -1.02. The summed E-state index contributed by atoms with van der Waals surface area (Å²) in [7, 11) is 0. The number of rotatable bonds is 4. The molecule has 1 fully saturated rings. The van der Waals surface area contributed by atoms with Crippen LogP contribution in [0.2, 0.25) is 0 Å². The highest BCUT2D eigenvalue weighted by molar-refractivity contribution is 5.92. The molecule has 2 N–H and O–H groups in total. The summed E-state index contributed by atoms with van der Waals surface area (Å²) in [5.41, 5.74) is 0.246. The van der Waals surface area contributed by atoms with Crippen LogP contribution in [0.1, 0.15) is 43.6 Å². The van der Waals surface area contributed by atoms with Crippen molar-refractivity contribution in [2.24, 2.45) is 5.41 Å². The first-order valence-electron chi connectivity index (χ1n) is 6.31. The number of carboxylic acid groups (broad SMARTS) is 1. The number of nitrogens with zero attached hydrogens (tertiary/aromatic N) is 3. The van der Waals surface area contributed by atoms with Crippen LogP contribution in [0.3, 0.4) is 0 Å². The van der Waals surface area contributed by atoms with Crippen LogP contribution in [0.25, 0.3) is 0 Å². The van der Waals surface area contributed by atoms with E-state index in [-0.39, 0.29) is 29.6 Å². The summed E-state index contributed by atoms with van der Waals surface area (Å²) in [4.78, 5) is 22.5. The van der Waals surface area contributed by atoms with Crippen LogP contribution in [0.15, 0.2) is 6.20 Å². The molecule has 1 saturated carbocycles. The van der Waals surface area contributed by atoms with E-state index in [0.29, 0.717) is 0 Å². The van der Waals surface area contributed by atoms with Gasteiger partial charge in [-0.25, -0.2) is 4.68 Å². The smallest absolute Gasteiger partial charge is 0.325 e. The SMILES string of the molecule is CC1(C)CCCC1NC(=O)c1cn(CC(=O)O)nn1. The van der Waals surface area contributed by atoms with Crippen LogP contribution in [-0.4, -0.2) is 38.0 Å². The first-order valence-corrected chi connectivity index (χ1v) is 6.31. The Bertz CT molecular complexity index is 495. The topological polar surface area (TPSA) is 97.1 Å². The molecule has 0 spiro atoms. The maximum Gasteiger partial charge on any atom is 0.325 e. The molecular formula is C12H18N4O3. The standard InChI is InChI=1S/C12H18N4O3/c1-12(2)5-3-4-9(12)13-11(19)8-6-16(15-14-8)7-10(17)18/h6,9H,3-5,7H2,1-2H3,(H,13,19)(H,17,18). The lowest BCUT2D eigenvalue weighted by Gasteiger charge is -2.27.